The van der Waals surface area contributed by atoms with Crippen LogP contribution in [0, 0.1) is 34.0 Å². The second-order valence-electron chi connectivity index (χ2n) is 9.55. The summed E-state index contributed by atoms with van der Waals surface area (Å²) in [5.74, 6) is 1.14. The second-order valence-corrected chi connectivity index (χ2v) is 10.5. The summed E-state index contributed by atoms with van der Waals surface area (Å²) in [5.41, 5.74) is 1.45. The minimum atomic E-state index is -0.610. The Bertz CT molecular complexity index is 713. The van der Waals surface area contributed by atoms with Crippen molar-refractivity contribution in [1.29, 1.82) is 0 Å². The van der Waals surface area contributed by atoms with Gasteiger partial charge in [-0.2, -0.15) is 0 Å². The van der Waals surface area contributed by atoms with Crippen molar-refractivity contribution in [2.45, 2.75) is 59.3 Å². The molecular weight excluding hydrogens is 347 g/mol. The number of alkyl halides is 1. The van der Waals surface area contributed by atoms with Gasteiger partial charge in [-0.1, -0.05) is 44.2 Å². The number of fused-ring (bicyclic) bond motifs is 5. The molecule has 0 N–H and O–H groups in total. The normalized spacial score (nSPS) is 47.0. The van der Waals surface area contributed by atoms with Crippen molar-refractivity contribution in [2.24, 2.45) is 34.0 Å². The summed E-state index contributed by atoms with van der Waals surface area (Å²) in [6.45, 7) is 7.03. The molecule has 6 atom stereocenters. The maximum atomic E-state index is 12.8. The van der Waals surface area contributed by atoms with Crippen molar-refractivity contribution in [3.63, 3.8) is 0 Å². The van der Waals surface area contributed by atoms with Crippen LogP contribution in [0.3, 0.4) is 0 Å². The first-order chi connectivity index (χ1) is 12.3. The van der Waals surface area contributed by atoms with E-state index in [0.717, 1.165) is 50.3 Å². The van der Waals surface area contributed by atoms with Gasteiger partial charge in [-0.3, -0.25) is 9.59 Å². The Hall–Kier alpha value is -0.900. The van der Waals surface area contributed by atoms with Crippen LogP contribution in [-0.2, 0) is 9.59 Å². The molecule has 3 saturated carbocycles. The molecule has 0 aromatic carbocycles. The van der Waals surface area contributed by atoms with E-state index in [4.69, 9.17) is 0 Å². The van der Waals surface area contributed by atoms with Crippen LogP contribution in [0.25, 0.3) is 0 Å². The van der Waals surface area contributed by atoms with Gasteiger partial charge in [0.2, 0.25) is 0 Å². The number of hydrogen-bond donors (Lipinski definition) is 0. The number of rotatable bonds is 2. The van der Waals surface area contributed by atoms with Gasteiger partial charge in [0.25, 0.3) is 0 Å². The molecule has 0 amide bonds. The zero-order valence-electron chi connectivity index (χ0n) is 16.0. The topological polar surface area (TPSA) is 34.1 Å². The average Bonchev–Trinajstić information content (AvgIpc) is 2.94. The lowest BCUT2D eigenvalue weighted by Gasteiger charge is -2.62. The van der Waals surface area contributed by atoms with Gasteiger partial charge in [-0.05, 0) is 73.3 Å². The molecule has 142 valence electrons. The van der Waals surface area contributed by atoms with Crippen molar-refractivity contribution in [1.82, 2.24) is 0 Å². The quantitative estimate of drug-likeness (QED) is 0.639. The molecule has 3 fully saturated rings. The highest BCUT2D eigenvalue weighted by Gasteiger charge is 2.64. The van der Waals surface area contributed by atoms with Crippen molar-refractivity contribution < 1.29 is 14.0 Å². The van der Waals surface area contributed by atoms with Crippen molar-refractivity contribution in [2.75, 3.05) is 6.01 Å². The van der Waals surface area contributed by atoms with Crippen LogP contribution in [0.4, 0.5) is 4.39 Å². The molecule has 0 radical (unpaired) electrons. The zero-order valence-corrected chi connectivity index (χ0v) is 16.8. The fourth-order valence-electron chi connectivity index (χ4n) is 7.39. The highest BCUT2D eigenvalue weighted by Crippen LogP contribution is 2.71. The Labute approximate surface area is 160 Å². The van der Waals surface area contributed by atoms with Gasteiger partial charge in [0.1, 0.15) is 6.01 Å². The molecular formula is C22H29FO2S. The molecule has 26 heavy (non-hydrogen) atoms. The van der Waals surface area contributed by atoms with E-state index in [1.807, 2.05) is 6.08 Å². The molecule has 0 aromatic rings. The van der Waals surface area contributed by atoms with E-state index in [2.05, 4.69) is 26.8 Å². The number of hydrogen-bond acceptors (Lipinski definition) is 3. The Morgan fingerprint density at radius 3 is 2.65 bits per heavy atom. The number of thioether (sulfide) groups is 1. The van der Waals surface area contributed by atoms with E-state index in [9.17, 15) is 14.0 Å². The zero-order chi connectivity index (χ0) is 18.7. The van der Waals surface area contributed by atoms with Gasteiger partial charge in [-0.15, -0.1) is 0 Å². The summed E-state index contributed by atoms with van der Waals surface area (Å²) in [6, 6.07) is -0.610. The summed E-state index contributed by atoms with van der Waals surface area (Å²) < 4.78 is 12.8. The number of allylic oxidation sites excluding steroid dienone is 4. The third-order valence-electron chi connectivity index (χ3n) is 8.64. The van der Waals surface area contributed by atoms with E-state index in [1.54, 1.807) is 6.08 Å². The monoisotopic (exact) mass is 376 g/mol. The summed E-state index contributed by atoms with van der Waals surface area (Å²) >= 11 is 0.865. The van der Waals surface area contributed by atoms with Gasteiger partial charge >= 0.3 is 0 Å². The van der Waals surface area contributed by atoms with Gasteiger partial charge in [0.15, 0.2) is 10.9 Å². The summed E-state index contributed by atoms with van der Waals surface area (Å²) in [6.07, 6.45) is 11.9. The van der Waals surface area contributed by atoms with Crippen LogP contribution < -0.4 is 0 Å². The molecule has 0 saturated heterocycles. The van der Waals surface area contributed by atoms with Gasteiger partial charge in [0, 0.05) is 11.3 Å². The Morgan fingerprint density at radius 2 is 1.92 bits per heavy atom. The molecule has 0 spiro atoms. The minimum absolute atomic E-state index is 0.000698. The molecule has 0 aliphatic heterocycles. The van der Waals surface area contributed by atoms with E-state index >= 15 is 0 Å². The fraction of sp³-hybridized carbons (Fsp3) is 0.727. The van der Waals surface area contributed by atoms with E-state index in [-0.39, 0.29) is 33.1 Å². The van der Waals surface area contributed by atoms with Crippen LogP contribution in [-0.4, -0.2) is 16.9 Å². The molecule has 0 aromatic heterocycles. The van der Waals surface area contributed by atoms with Gasteiger partial charge < -0.3 is 0 Å². The predicted octanol–water partition coefficient (Wildman–Crippen LogP) is 5.49. The van der Waals surface area contributed by atoms with E-state index in [1.165, 1.54) is 5.57 Å². The maximum Gasteiger partial charge on any atom is 0.195 e. The van der Waals surface area contributed by atoms with Crippen LogP contribution in [0.15, 0.2) is 23.8 Å². The Morgan fingerprint density at radius 1 is 1.15 bits per heavy atom. The van der Waals surface area contributed by atoms with Crippen LogP contribution in [0.5, 0.6) is 0 Å². The fourth-order valence-corrected chi connectivity index (χ4v) is 8.09. The van der Waals surface area contributed by atoms with Crippen molar-refractivity contribution >= 4 is 22.7 Å². The van der Waals surface area contributed by atoms with Gasteiger partial charge in [-0.25, -0.2) is 4.39 Å². The molecule has 0 heterocycles. The molecule has 4 heteroatoms. The third kappa shape index (κ3) is 2.36. The highest BCUT2D eigenvalue weighted by molar-refractivity contribution is 8.13. The standard InChI is InChI=1S/C22H29FO2S/c1-20-10-7-15(24)12-14(20)6-9-22(3)17-5-4-16(19(25)26-13-23)21(17,2)11-8-18(20)22/h7,10,12,16-18H,4-6,8-9,11,13H2,1-3H3/t16-,17-,18-,20+,21-,22+/m1/s1. The molecule has 4 aliphatic carbocycles. The van der Waals surface area contributed by atoms with Gasteiger partial charge in [0.05, 0.1) is 0 Å². The highest BCUT2D eigenvalue weighted by atomic mass is 32.2. The first-order valence-electron chi connectivity index (χ1n) is 9.92. The third-order valence-corrected chi connectivity index (χ3v) is 9.32. The van der Waals surface area contributed by atoms with E-state index in [0.29, 0.717) is 11.8 Å². The number of carbonyl (C=O) groups is 2. The summed E-state index contributed by atoms with van der Waals surface area (Å²) in [5, 5.41) is 0.0605. The molecule has 4 rings (SSSR count). The van der Waals surface area contributed by atoms with E-state index < -0.39 is 6.01 Å². The Kier molecular flexibility index (Phi) is 4.30. The lowest BCUT2D eigenvalue weighted by Crippen LogP contribution is -2.56. The molecule has 0 bridgehead atoms. The summed E-state index contributed by atoms with van der Waals surface area (Å²) in [7, 11) is 0. The van der Waals surface area contributed by atoms with Crippen LogP contribution in [0.1, 0.15) is 59.3 Å². The number of halogens is 1. The van der Waals surface area contributed by atoms with Crippen LogP contribution >= 0.6 is 11.8 Å². The summed E-state index contributed by atoms with van der Waals surface area (Å²) in [4.78, 5) is 24.4. The Balaban J connectivity index is 1.69. The van der Waals surface area contributed by atoms with Crippen molar-refractivity contribution in [3.05, 3.63) is 23.8 Å². The molecule has 4 aliphatic rings. The largest absolute Gasteiger partial charge is 0.290 e. The number of carbonyl (C=O) groups excluding carboxylic acids is 2. The first kappa shape index (κ1) is 18.5. The predicted molar refractivity (Wildman–Crippen MR) is 103 cm³/mol. The average molecular weight is 377 g/mol. The smallest absolute Gasteiger partial charge is 0.195 e. The molecule has 2 nitrogen and oxygen atoms in total. The van der Waals surface area contributed by atoms with Crippen molar-refractivity contribution in [3.8, 4) is 0 Å². The molecule has 0 unspecified atom stereocenters. The SMILES string of the molecule is C[C@]12CC[C@H]3[C@@](C)(CCC4=CC(=O)C=C[C@@]43C)[C@@H]1CC[C@@H]2C(=O)SCF. The maximum absolute atomic E-state index is 12.8. The second kappa shape index (κ2) is 6.05. The lowest BCUT2D eigenvalue weighted by atomic mass is 9.42. The lowest BCUT2D eigenvalue weighted by molar-refractivity contribution is -0.128. The minimum Gasteiger partial charge on any atom is -0.290 e. The number of ketones is 1. The van der Waals surface area contributed by atoms with Crippen LogP contribution in [0.2, 0.25) is 0 Å². The first-order valence-corrected chi connectivity index (χ1v) is 10.9.